The van der Waals surface area contributed by atoms with E-state index in [-0.39, 0.29) is 6.04 Å². The van der Waals surface area contributed by atoms with Crippen LogP contribution in [0.4, 0.5) is 0 Å². The molecule has 4 nitrogen and oxygen atoms in total. The first-order chi connectivity index (χ1) is 8.70. The first-order valence-corrected chi connectivity index (χ1v) is 6.47. The van der Waals surface area contributed by atoms with Gasteiger partial charge in [0.2, 0.25) is 0 Å². The van der Waals surface area contributed by atoms with Crippen molar-refractivity contribution >= 4 is 0 Å². The number of furan rings is 1. The minimum absolute atomic E-state index is 0.217. The Morgan fingerprint density at radius 3 is 2.89 bits per heavy atom. The third kappa shape index (κ3) is 3.01. The highest BCUT2D eigenvalue weighted by atomic mass is 16.3. The summed E-state index contributed by atoms with van der Waals surface area (Å²) in [5.41, 5.74) is 2.28. The van der Waals surface area contributed by atoms with E-state index in [1.165, 1.54) is 5.69 Å². The summed E-state index contributed by atoms with van der Waals surface area (Å²) in [6, 6.07) is 6.31. The van der Waals surface area contributed by atoms with E-state index in [9.17, 15) is 0 Å². The number of nitrogens with zero attached hydrogens (tertiary/aromatic N) is 2. The lowest BCUT2D eigenvalue weighted by atomic mass is 10.1. The summed E-state index contributed by atoms with van der Waals surface area (Å²) < 4.78 is 7.46. The van der Waals surface area contributed by atoms with Crippen LogP contribution in [0.2, 0.25) is 0 Å². The molecule has 0 spiro atoms. The summed E-state index contributed by atoms with van der Waals surface area (Å²) in [5, 5.41) is 7.91. The zero-order valence-corrected chi connectivity index (χ0v) is 11.3. The molecule has 0 aliphatic heterocycles. The Bertz CT molecular complexity index is 473. The van der Waals surface area contributed by atoms with E-state index in [1.807, 2.05) is 30.8 Å². The molecule has 0 aliphatic rings. The van der Waals surface area contributed by atoms with Gasteiger partial charge in [-0.15, -0.1) is 0 Å². The van der Waals surface area contributed by atoms with Crippen LogP contribution in [0.3, 0.4) is 0 Å². The van der Waals surface area contributed by atoms with Crippen molar-refractivity contribution in [2.75, 3.05) is 6.54 Å². The van der Waals surface area contributed by atoms with Gasteiger partial charge >= 0.3 is 0 Å². The minimum Gasteiger partial charge on any atom is -0.468 e. The Morgan fingerprint density at radius 2 is 2.33 bits per heavy atom. The van der Waals surface area contributed by atoms with Crippen LogP contribution in [-0.2, 0) is 13.5 Å². The van der Waals surface area contributed by atoms with Gasteiger partial charge in [0.15, 0.2) is 0 Å². The average molecular weight is 247 g/mol. The Labute approximate surface area is 108 Å². The van der Waals surface area contributed by atoms with Crippen molar-refractivity contribution in [2.24, 2.45) is 7.05 Å². The van der Waals surface area contributed by atoms with Crippen LogP contribution in [0.5, 0.6) is 0 Å². The SMILES string of the molecule is CCCNC(Cc1cc(C)nn1C)c1ccco1. The minimum atomic E-state index is 0.217. The molecule has 1 N–H and O–H groups in total. The van der Waals surface area contributed by atoms with Crippen molar-refractivity contribution in [1.82, 2.24) is 15.1 Å². The van der Waals surface area contributed by atoms with Crippen LogP contribution < -0.4 is 5.32 Å². The first kappa shape index (κ1) is 12.9. The van der Waals surface area contributed by atoms with Crippen LogP contribution in [0.1, 0.15) is 36.5 Å². The molecule has 0 saturated heterocycles. The topological polar surface area (TPSA) is 43.0 Å². The quantitative estimate of drug-likeness (QED) is 0.853. The van der Waals surface area contributed by atoms with Crippen molar-refractivity contribution in [2.45, 2.75) is 32.7 Å². The van der Waals surface area contributed by atoms with Gasteiger partial charge in [0.05, 0.1) is 18.0 Å². The zero-order valence-electron chi connectivity index (χ0n) is 11.3. The molecule has 0 aliphatic carbocycles. The van der Waals surface area contributed by atoms with Gasteiger partial charge in [-0.3, -0.25) is 4.68 Å². The fourth-order valence-electron chi connectivity index (χ4n) is 2.15. The van der Waals surface area contributed by atoms with E-state index in [2.05, 4.69) is 23.4 Å². The number of aromatic nitrogens is 2. The number of hydrogen-bond acceptors (Lipinski definition) is 3. The zero-order chi connectivity index (χ0) is 13.0. The molecule has 0 fully saturated rings. The molecule has 2 aromatic heterocycles. The molecule has 1 unspecified atom stereocenters. The molecule has 0 radical (unpaired) electrons. The summed E-state index contributed by atoms with van der Waals surface area (Å²) in [5.74, 6) is 0.988. The second kappa shape index (κ2) is 5.87. The van der Waals surface area contributed by atoms with Gasteiger partial charge in [0, 0.05) is 19.2 Å². The molecule has 0 bridgehead atoms. The highest BCUT2D eigenvalue weighted by molar-refractivity contribution is 5.14. The standard InChI is InChI=1S/C14H21N3O/c1-4-7-15-13(14-6-5-8-18-14)10-12-9-11(2)16-17(12)3/h5-6,8-9,13,15H,4,7,10H2,1-3H3. The second-order valence-electron chi connectivity index (χ2n) is 4.63. The molecular weight excluding hydrogens is 226 g/mol. The predicted molar refractivity (Wildman–Crippen MR) is 71.4 cm³/mol. The Balaban J connectivity index is 2.12. The molecule has 0 saturated carbocycles. The molecule has 4 heteroatoms. The summed E-state index contributed by atoms with van der Waals surface area (Å²) in [4.78, 5) is 0. The molecule has 1 atom stereocenters. The Morgan fingerprint density at radius 1 is 1.50 bits per heavy atom. The van der Waals surface area contributed by atoms with Gasteiger partial charge < -0.3 is 9.73 Å². The smallest absolute Gasteiger partial charge is 0.121 e. The van der Waals surface area contributed by atoms with Gasteiger partial charge in [0.25, 0.3) is 0 Å². The Hall–Kier alpha value is -1.55. The van der Waals surface area contributed by atoms with Crippen molar-refractivity contribution in [3.63, 3.8) is 0 Å². The van der Waals surface area contributed by atoms with E-state index < -0.39 is 0 Å². The lowest BCUT2D eigenvalue weighted by Gasteiger charge is -2.16. The third-order valence-corrected chi connectivity index (χ3v) is 3.04. The third-order valence-electron chi connectivity index (χ3n) is 3.04. The number of hydrogen-bond donors (Lipinski definition) is 1. The summed E-state index contributed by atoms with van der Waals surface area (Å²) in [6.07, 6.45) is 3.73. The van der Waals surface area contributed by atoms with Gasteiger partial charge in [-0.05, 0) is 38.1 Å². The molecule has 2 rings (SSSR count). The normalized spacial score (nSPS) is 12.8. The highest BCUT2D eigenvalue weighted by Crippen LogP contribution is 2.19. The van der Waals surface area contributed by atoms with Crippen molar-refractivity contribution in [3.05, 3.63) is 41.6 Å². The maximum absolute atomic E-state index is 5.52. The van der Waals surface area contributed by atoms with Crippen molar-refractivity contribution in [3.8, 4) is 0 Å². The van der Waals surface area contributed by atoms with Crippen molar-refractivity contribution < 1.29 is 4.42 Å². The lowest BCUT2D eigenvalue weighted by molar-refractivity contribution is 0.405. The van der Waals surface area contributed by atoms with Crippen LogP contribution in [-0.4, -0.2) is 16.3 Å². The van der Waals surface area contributed by atoms with Crippen LogP contribution in [0.15, 0.2) is 28.9 Å². The first-order valence-electron chi connectivity index (χ1n) is 6.47. The van der Waals surface area contributed by atoms with E-state index >= 15 is 0 Å². The molecule has 2 aromatic rings. The van der Waals surface area contributed by atoms with Crippen molar-refractivity contribution in [1.29, 1.82) is 0 Å². The van der Waals surface area contributed by atoms with Gasteiger partial charge in [0.1, 0.15) is 5.76 Å². The Kier molecular flexibility index (Phi) is 4.20. The van der Waals surface area contributed by atoms with Gasteiger partial charge in [-0.1, -0.05) is 6.92 Å². The fraction of sp³-hybridized carbons (Fsp3) is 0.500. The van der Waals surface area contributed by atoms with Gasteiger partial charge in [-0.2, -0.15) is 5.10 Å². The molecular formula is C14H21N3O. The molecule has 98 valence electrons. The fourth-order valence-corrected chi connectivity index (χ4v) is 2.15. The van der Waals surface area contributed by atoms with Gasteiger partial charge in [-0.25, -0.2) is 0 Å². The highest BCUT2D eigenvalue weighted by Gasteiger charge is 2.16. The molecule has 18 heavy (non-hydrogen) atoms. The predicted octanol–water partition coefficient (Wildman–Crippen LogP) is 2.60. The number of nitrogens with one attached hydrogen (secondary N) is 1. The van der Waals surface area contributed by atoms with Crippen LogP contribution >= 0.6 is 0 Å². The lowest BCUT2D eigenvalue weighted by Crippen LogP contribution is -2.24. The largest absolute Gasteiger partial charge is 0.468 e. The van der Waals surface area contributed by atoms with Crippen LogP contribution in [0.25, 0.3) is 0 Å². The average Bonchev–Trinajstić information content (AvgIpc) is 2.95. The summed E-state index contributed by atoms with van der Waals surface area (Å²) in [7, 11) is 1.99. The number of rotatable bonds is 6. The van der Waals surface area contributed by atoms with Crippen LogP contribution in [0, 0.1) is 6.92 Å². The maximum atomic E-state index is 5.52. The monoisotopic (exact) mass is 247 g/mol. The van der Waals surface area contributed by atoms with E-state index in [0.717, 1.165) is 30.8 Å². The number of aryl methyl sites for hydroxylation is 2. The maximum Gasteiger partial charge on any atom is 0.121 e. The summed E-state index contributed by atoms with van der Waals surface area (Å²) >= 11 is 0. The molecule has 2 heterocycles. The summed E-state index contributed by atoms with van der Waals surface area (Å²) in [6.45, 7) is 5.17. The van der Waals surface area contributed by atoms with E-state index in [4.69, 9.17) is 4.42 Å². The van der Waals surface area contributed by atoms with E-state index in [0.29, 0.717) is 0 Å². The molecule has 0 amide bonds. The second-order valence-corrected chi connectivity index (χ2v) is 4.63. The molecule has 0 aromatic carbocycles. The van der Waals surface area contributed by atoms with E-state index in [1.54, 1.807) is 6.26 Å².